The molecule has 1 heterocycles. The second-order valence-corrected chi connectivity index (χ2v) is 7.78. The zero-order valence-corrected chi connectivity index (χ0v) is 17.9. The molecule has 0 spiro atoms. The third-order valence-electron chi connectivity index (χ3n) is 5.83. The first kappa shape index (κ1) is 21.4. The number of rotatable bonds is 7. The third-order valence-corrected chi connectivity index (χ3v) is 5.83. The van der Waals surface area contributed by atoms with Gasteiger partial charge in [0, 0.05) is 31.7 Å². The van der Waals surface area contributed by atoms with Crippen molar-refractivity contribution in [2.24, 2.45) is 4.99 Å². The van der Waals surface area contributed by atoms with E-state index in [1.807, 2.05) is 6.07 Å². The van der Waals surface area contributed by atoms with Gasteiger partial charge in [-0.1, -0.05) is 18.9 Å². The molecule has 1 saturated carbocycles. The Morgan fingerprint density at radius 3 is 2.72 bits per heavy atom. The minimum atomic E-state index is -0.407. The van der Waals surface area contributed by atoms with Gasteiger partial charge >= 0.3 is 5.97 Å². The van der Waals surface area contributed by atoms with Crippen LogP contribution in [0.4, 0.5) is 0 Å². The Balaban J connectivity index is 1.62. The Morgan fingerprint density at radius 2 is 2.03 bits per heavy atom. The maximum Gasteiger partial charge on any atom is 0.341 e. The first-order valence-corrected chi connectivity index (χ1v) is 10.7. The number of esters is 1. The van der Waals surface area contributed by atoms with E-state index >= 15 is 0 Å². The lowest BCUT2D eigenvalue weighted by atomic mass is 10.1. The van der Waals surface area contributed by atoms with Crippen LogP contribution in [0.15, 0.2) is 23.2 Å². The predicted molar refractivity (Wildman–Crippen MR) is 115 cm³/mol. The van der Waals surface area contributed by atoms with Crippen LogP contribution in [-0.4, -0.2) is 62.8 Å². The number of likely N-dealkylation sites (tertiary alicyclic amines) is 1. The second kappa shape index (κ2) is 10.5. The quantitative estimate of drug-likeness (QED) is 0.415. The van der Waals surface area contributed by atoms with Crippen molar-refractivity contribution in [2.45, 2.75) is 57.7 Å². The van der Waals surface area contributed by atoms with Crippen molar-refractivity contribution < 1.29 is 14.3 Å². The third kappa shape index (κ3) is 5.63. The molecular weight excluding hydrogens is 368 g/mol. The molecule has 0 amide bonds. The number of nitrogens with one attached hydrogen (secondary N) is 2. The van der Waals surface area contributed by atoms with Crippen molar-refractivity contribution in [1.29, 1.82) is 0 Å². The van der Waals surface area contributed by atoms with Crippen LogP contribution in [0.25, 0.3) is 0 Å². The molecular formula is C22H34N4O3. The van der Waals surface area contributed by atoms with Gasteiger partial charge in [0.2, 0.25) is 0 Å². The van der Waals surface area contributed by atoms with E-state index < -0.39 is 5.97 Å². The molecule has 160 valence electrons. The molecule has 1 saturated heterocycles. The summed E-state index contributed by atoms with van der Waals surface area (Å²) in [5.74, 6) is 0.921. The van der Waals surface area contributed by atoms with Gasteiger partial charge in [-0.15, -0.1) is 0 Å². The van der Waals surface area contributed by atoms with Gasteiger partial charge in [0.05, 0.1) is 20.8 Å². The highest BCUT2D eigenvalue weighted by Gasteiger charge is 2.30. The van der Waals surface area contributed by atoms with Gasteiger partial charge in [-0.25, -0.2) is 9.79 Å². The summed E-state index contributed by atoms with van der Waals surface area (Å²) in [6, 6.07) is 6.70. The Labute approximate surface area is 173 Å². The molecule has 1 aliphatic heterocycles. The molecule has 3 rings (SSSR count). The highest BCUT2D eigenvalue weighted by atomic mass is 16.5. The van der Waals surface area contributed by atoms with Crippen LogP contribution < -0.4 is 15.4 Å². The molecule has 0 bridgehead atoms. The van der Waals surface area contributed by atoms with E-state index in [2.05, 4.69) is 22.5 Å². The van der Waals surface area contributed by atoms with E-state index in [0.29, 0.717) is 23.9 Å². The summed E-state index contributed by atoms with van der Waals surface area (Å²) in [4.78, 5) is 19.4. The Morgan fingerprint density at radius 1 is 1.24 bits per heavy atom. The summed E-state index contributed by atoms with van der Waals surface area (Å²) >= 11 is 0. The maximum absolute atomic E-state index is 12.0. The zero-order valence-electron chi connectivity index (χ0n) is 17.9. The number of ether oxygens (including phenoxy) is 2. The molecule has 0 aromatic heterocycles. The van der Waals surface area contributed by atoms with Gasteiger partial charge in [-0.05, 0) is 43.9 Å². The summed E-state index contributed by atoms with van der Waals surface area (Å²) < 4.78 is 10.1. The maximum atomic E-state index is 12.0. The average molecular weight is 403 g/mol. The summed E-state index contributed by atoms with van der Waals surface area (Å²) in [6.07, 6.45) is 6.59. The second-order valence-electron chi connectivity index (χ2n) is 7.78. The van der Waals surface area contributed by atoms with Gasteiger partial charge in [-0.2, -0.15) is 0 Å². The van der Waals surface area contributed by atoms with Crippen molar-refractivity contribution in [3.63, 3.8) is 0 Å². The molecule has 1 aromatic carbocycles. The van der Waals surface area contributed by atoms with Crippen molar-refractivity contribution in [3.05, 3.63) is 29.3 Å². The van der Waals surface area contributed by atoms with Crippen LogP contribution in [0.1, 0.15) is 54.9 Å². The Kier molecular flexibility index (Phi) is 7.75. The molecule has 7 heteroatoms. The molecule has 1 unspecified atom stereocenters. The van der Waals surface area contributed by atoms with E-state index in [4.69, 9.17) is 14.5 Å². The summed E-state index contributed by atoms with van der Waals surface area (Å²) in [5.41, 5.74) is 1.35. The van der Waals surface area contributed by atoms with Crippen LogP contribution in [-0.2, 0) is 11.3 Å². The van der Waals surface area contributed by atoms with E-state index in [1.165, 1.54) is 39.3 Å². The topological polar surface area (TPSA) is 75.2 Å². The lowest BCUT2D eigenvalue weighted by Gasteiger charge is -2.24. The standard InChI is InChI=1S/C22H34N4O3/c1-4-23-22(25-17-11-12-26(15-17)18-7-5-6-8-18)24-14-16-9-10-20(28-2)19(13-16)21(27)29-3/h9-10,13,17-18H,4-8,11-12,14-15H2,1-3H3,(H2,23,24,25). The van der Waals surface area contributed by atoms with Gasteiger partial charge in [0.15, 0.2) is 5.96 Å². The van der Waals surface area contributed by atoms with Crippen molar-refractivity contribution in [1.82, 2.24) is 15.5 Å². The van der Waals surface area contributed by atoms with E-state index in [9.17, 15) is 4.79 Å². The molecule has 29 heavy (non-hydrogen) atoms. The molecule has 7 nitrogen and oxygen atoms in total. The number of carbonyl (C=O) groups excluding carboxylic acids is 1. The van der Waals surface area contributed by atoms with E-state index in [-0.39, 0.29) is 0 Å². The first-order chi connectivity index (χ1) is 14.1. The smallest absolute Gasteiger partial charge is 0.341 e. The number of methoxy groups -OCH3 is 2. The van der Waals surface area contributed by atoms with Crippen LogP contribution in [0.2, 0.25) is 0 Å². The van der Waals surface area contributed by atoms with Crippen LogP contribution in [0.3, 0.4) is 0 Å². The average Bonchev–Trinajstić information content (AvgIpc) is 3.43. The molecule has 2 N–H and O–H groups in total. The fraction of sp³-hybridized carbons (Fsp3) is 0.636. The summed E-state index contributed by atoms with van der Waals surface area (Å²) in [6.45, 7) is 5.61. The summed E-state index contributed by atoms with van der Waals surface area (Å²) in [5, 5.41) is 6.93. The fourth-order valence-corrected chi connectivity index (χ4v) is 4.31. The van der Waals surface area contributed by atoms with Crippen LogP contribution >= 0.6 is 0 Å². The number of aliphatic imine (C=N–C) groups is 1. The lowest BCUT2D eigenvalue weighted by Crippen LogP contribution is -2.45. The highest BCUT2D eigenvalue weighted by molar-refractivity contribution is 5.92. The van der Waals surface area contributed by atoms with Gasteiger partial charge in [0.1, 0.15) is 11.3 Å². The van der Waals surface area contributed by atoms with Gasteiger partial charge in [0.25, 0.3) is 0 Å². The number of nitrogens with zero attached hydrogens (tertiary/aromatic N) is 2. The van der Waals surface area contributed by atoms with Gasteiger partial charge in [-0.3, -0.25) is 4.90 Å². The SMILES string of the molecule is CCNC(=NCc1ccc(OC)c(C(=O)OC)c1)NC1CCN(C2CCCC2)C1. The van der Waals surface area contributed by atoms with Gasteiger partial charge < -0.3 is 20.1 Å². The monoisotopic (exact) mass is 402 g/mol. The molecule has 1 atom stereocenters. The zero-order chi connectivity index (χ0) is 20.6. The number of hydrogen-bond acceptors (Lipinski definition) is 5. The number of benzene rings is 1. The van der Waals surface area contributed by atoms with Crippen LogP contribution in [0.5, 0.6) is 5.75 Å². The predicted octanol–water partition coefficient (Wildman–Crippen LogP) is 2.55. The minimum absolute atomic E-state index is 0.407. The minimum Gasteiger partial charge on any atom is -0.496 e. The molecule has 0 radical (unpaired) electrons. The van der Waals surface area contributed by atoms with E-state index in [1.54, 1.807) is 19.2 Å². The molecule has 1 aromatic rings. The fourth-order valence-electron chi connectivity index (χ4n) is 4.31. The number of hydrogen-bond donors (Lipinski definition) is 2. The van der Waals surface area contributed by atoms with Crippen molar-refractivity contribution in [3.8, 4) is 5.75 Å². The number of guanidine groups is 1. The Bertz CT molecular complexity index is 716. The highest BCUT2D eigenvalue weighted by Crippen LogP contribution is 2.26. The normalized spacial score (nSPS) is 20.7. The first-order valence-electron chi connectivity index (χ1n) is 10.7. The van der Waals surface area contributed by atoms with Crippen LogP contribution in [0, 0.1) is 0 Å². The summed E-state index contributed by atoms with van der Waals surface area (Å²) in [7, 11) is 2.92. The molecule has 2 fully saturated rings. The molecule has 2 aliphatic rings. The van der Waals surface area contributed by atoms with Crippen molar-refractivity contribution >= 4 is 11.9 Å². The van der Waals surface area contributed by atoms with Crippen molar-refractivity contribution in [2.75, 3.05) is 33.9 Å². The lowest BCUT2D eigenvalue weighted by molar-refractivity contribution is 0.0597. The molecule has 1 aliphatic carbocycles. The van der Waals surface area contributed by atoms with E-state index in [0.717, 1.165) is 37.1 Å². The number of carbonyl (C=O) groups is 1. The largest absolute Gasteiger partial charge is 0.496 e. The Hall–Kier alpha value is -2.28.